The van der Waals surface area contributed by atoms with E-state index < -0.39 is 0 Å². The van der Waals surface area contributed by atoms with Gasteiger partial charge >= 0.3 is 0 Å². The monoisotopic (exact) mass is 405 g/mol. The maximum absolute atomic E-state index is 5.73. The first-order valence-electron chi connectivity index (χ1n) is 8.54. The lowest BCUT2D eigenvalue weighted by molar-refractivity contribution is 0.171. The van der Waals surface area contributed by atoms with Gasteiger partial charge in [0, 0.05) is 22.6 Å². The second kappa shape index (κ2) is 8.11. The number of ether oxygens (including phenoxy) is 3. The summed E-state index contributed by atoms with van der Waals surface area (Å²) in [4.78, 5) is 0. The second-order valence-corrected chi connectivity index (χ2v) is 7.38. The molecule has 0 bridgehead atoms. The number of rotatable bonds is 6. The van der Waals surface area contributed by atoms with Crippen LogP contribution >= 0.6 is 15.9 Å². The minimum Gasteiger partial charge on any atom is -0.496 e. The quantitative estimate of drug-likeness (QED) is 0.754. The van der Waals surface area contributed by atoms with Gasteiger partial charge in [0.25, 0.3) is 0 Å². The predicted octanol–water partition coefficient (Wildman–Crippen LogP) is 4.72. The Morgan fingerprint density at radius 3 is 2.56 bits per heavy atom. The molecule has 3 rings (SSSR count). The molecule has 0 fully saturated rings. The Bertz CT molecular complexity index is 733. The molecule has 5 heteroatoms. The van der Waals surface area contributed by atoms with Crippen molar-refractivity contribution in [2.75, 3.05) is 20.3 Å². The molecule has 1 atom stereocenters. The fourth-order valence-electron chi connectivity index (χ4n) is 3.10. The first-order chi connectivity index (χ1) is 12.1. The Morgan fingerprint density at radius 2 is 1.84 bits per heavy atom. The summed E-state index contributed by atoms with van der Waals surface area (Å²) in [5, 5.41) is 3.66. The molecule has 25 heavy (non-hydrogen) atoms. The zero-order chi connectivity index (χ0) is 17.8. The zero-order valence-corrected chi connectivity index (χ0v) is 16.4. The van der Waals surface area contributed by atoms with E-state index >= 15 is 0 Å². The van der Waals surface area contributed by atoms with Gasteiger partial charge in [-0.15, -0.1) is 0 Å². The fraction of sp³-hybridized carbons (Fsp3) is 0.400. The van der Waals surface area contributed by atoms with Gasteiger partial charge < -0.3 is 19.5 Å². The highest BCUT2D eigenvalue weighted by Crippen LogP contribution is 2.34. The maximum Gasteiger partial charge on any atom is 0.161 e. The van der Waals surface area contributed by atoms with Crippen LogP contribution in [-0.4, -0.2) is 20.3 Å². The van der Waals surface area contributed by atoms with Crippen LogP contribution in [0.1, 0.15) is 31.0 Å². The SMILES string of the molecule is COc1ccc(Br)cc1CNC(c1ccc2c(c1)OCCO2)C(C)C. The van der Waals surface area contributed by atoms with Crippen molar-refractivity contribution in [2.45, 2.75) is 26.4 Å². The van der Waals surface area contributed by atoms with Gasteiger partial charge in [-0.2, -0.15) is 0 Å². The van der Waals surface area contributed by atoms with E-state index in [1.165, 1.54) is 5.56 Å². The van der Waals surface area contributed by atoms with Crippen LogP contribution in [0, 0.1) is 5.92 Å². The molecule has 1 N–H and O–H groups in total. The molecule has 4 nitrogen and oxygen atoms in total. The number of nitrogens with one attached hydrogen (secondary N) is 1. The van der Waals surface area contributed by atoms with Crippen molar-refractivity contribution in [3.05, 3.63) is 52.0 Å². The van der Waals surface area contributed by atoms with Crippen molar-refractivity contribution in [3.8, 4) is 17.2 Å². The van der Waals surface area contributed by atoms with Crippen LogP contribution < -0.4 is 19.5 Å². The molecule has 0 saturated heterocycles. The summed E-state index contributed by atoms with van der Waals surface area (Å²) in [6.45, 7) is 6.37. The van der Waals surface area contributed by atoms with Crippen molar-refractivity contribution in [1.29, 1.82) is 0 Å². The lowest BCUT2D eigenvalue weighted by Gasteiger charge is -2.26. The molecule has 1 heterocycles. The molecule has 134 valence electrons. The van der Waals surface area contributed by atoms with E-state index in [1.54, 1.807) is 7.11 Å². The third-order valence-corrected chi connectivity index (χ3v) is 4.84. The van der Waals surface area contributed by atoms with Gasteiger partial charge in [0.05, 0.1) is 7.11 Å². The van der Waals surface area contributed by atoms with E-state index in [2.05, 4.69) is 53.3 Å². The third-order valence-electron chi connectivity index (χ3n) is 4.35. The predicted molar refractivity (Wildman–Crippen MR) is 103 cm³/mol. The minimum absolute atomic E-state index is 0.208. The second-order valence-electron chi connectivity index (χ2n) is 6.46. The highest BCUT2D eigenvalue weighted by molar-refractivity contribution is 9.10. The lowest BCUT2D eigenvalue weighted by Crippen LogP contribution is -2.26. The molecule has 0 radical (unpaired) electrons. The third kappa shape index (κ3) is 4.28. The van der Waals surface area contributed by atoms with Crippen molar-refractivity contribution in [2.24, 2.45) is 5.92 Å². The normalized spacial score (nSPS) is 14.4. The Balaban J connectivity index is 1.79. The molecule has 0 saturated carbocycles. The number of hydrogen-bond donors (Lipinski definition) is 1. The number of benzene rings is 2. The smallest absolute Gasteiger partial charge is 0.161 e. The summed E-state index contributed by atoms with van der Waals surface area (Å²) in [5.74, 6) is 2.98. The molecule has 1 unspecified atom stereocenters. The molecule has 0 aromatic heterocycles. The molecule has 1 aliphatic rings. The topological polar surface area (TPSA) is 39.7 Å². The molecular formula is C20H24BrNO3. The first-order valence-corrected chi connectivity index (χ1v) is 9.33. The standard InChI is InChI=1S/C20H24BrNO3/c1-13(2)20(14-4-6-18-19(11-14)25-9-8-24-18)22-12-15-10-16(21)5-7-17(15)23-3/h4-7,10-11,13,20,22H,8-9,12H2,1-3H3. The van der Waals surface area contributed by atoms with Crippen molar-refractivity contribution >= 4 is 15.9 Å². The van der Waals surface area contributed by atoms with Crippen molar-refractivity contribution in [1.82, 2.24) is 5.32 Å². The molecular weight excluding hydrogens is 382 g/mol. The van der Waals surface area contributed by atoms with E-state index in [-0.39, 0.29) is 6.04 Å². The van der Waals surface area contributed by atoms with E-state index in [0.29, 0.717) is 19.1 Å². The van der Waals surface area contributed by atoms with Crippen LogP contribution in [0.15, 0.2) is 40.9 Å². The van der Waals surface area contributed by atoms with Gasteiger partial charge in [0.2, 0.25) is 0 Å². The van der Waals surface area contributed by atoms with Gasteiger partial charge in [-0.25, -0.2) is 0 Å². The van der Waals surface area contributed by atoms with Crippen LogP contribution in [0.4, 0.5) is 0 Å². The lowest BCUT2D eigenvalue weighted by atomic mass is 9.95. The highest BCUT2D eigenvalue weighted by atomic mass is 79.9. The maximum atomic E-state index is 5.73. The highest BCUT2D eigenvalue weighted by Gasteiger charge is 2.20. The summed E-state index contributed by atoms with van der Waals surface area (Å²) in [6.07, 6.45) is 0. The number of methoxy groups -OCH3 is 1. The van der Waals surface area contributed by atoms with Crippen LogP contribution in [0.5, 0.6) is 17.2 Å². The molecule has 1 aliphatic heterocycles. The van der Waals surface area contributed by atoms with E-state index in [1.807, 2.05) is 18.2 Å². The zero-order valence-electron chi connectivity index (χ0n) is 14.8. The van der Waals surface area contributed by atoms with E-state index in [0.717, 1.165) is 33.8 Å². The van der Waals surface area contributed by atoms with E-state index in [4.69, 9.17) is 14.2 Å². The molecule has 0 aliphatic carbocycles. The Morgan fingerprint density at radius 1 is 1.08 bits per heavy atom. The fourth-order valence-corrected chi connectivity index (χ4v) is 3.51. The average Bonchev–Trinajstić information content (AvgIpc) is 2.61. The van der Waals surface area contributed by atoms with Crippen LogP contribution in [-0.2, 0) is 6.54 Å². The molecule has 2 aromatic rings. The minimum atomic E-state index is 0.208. The van der Waals surface area contributed by atoms with Crippen LogP contribution in [0.25, 0.3) is 0 Å². The van der Waals surface area contributed by atoms with Gasteiger partial charge in [-0.3, -0.25) is 0 Å². The van der Waals surface area contributed by atoms with E-state index in [9.17, 15) is 0 Å². The molecule has 2 aromatic carbocycles. The molecule has 0 amide bonds. The summed E-state index contributed by atoms with van der Waals surface area (Å²) >= 11 is 3.53. The number of fused-ring (bicyclic) bond motifs is 1. The van der Waals surface area contributed by atoms with Crippen molar-refractivity contribution in [3.63, 3.8) is 0 Å². The molecule has 0 spiro atoms. The summed E-state index contributed by atoms with van der Waals surface area (Å²) < 4.78 is 17.9. The summed E-state index contributed by atoms with van der Waals surface area (Å²) in [5.41, 5.74) is 2.33. The first kappa shape index (κ1) is 18.1. The Kier molecular flexibility index (Phi) is 5.86. The van der Waals surface area contributed by atoms with Crippen LogP contribution in [0.2, 0.25) is 0 Å². The van der Waals surface area contributed by atoms with Gasteiger partial charge in [-0.1, -0.05) is 35.8 Å². The van der Waals surface area contributed by atoms with Gasteiger partial charge in [0.15, 0.2) is 11.5 Å². The average molecular weight is 406 g/mol. The largest absolute Gasteiger partial charge is 0.496 e. The Labute approximate surface area is 157 Å². The van der Waals surface area contributed by atoms with Crippen molar-refractivity contribution < 1.29 is 14.2 Å². The Hall–Kier alpha value is -1.72. The number of hydrogen-bond acceptors (Lipinski definition) is 4. The van der Waals surface area contributed by atoms with Gasteiger partial charge in [0.1, 0.15) is 19.0 Å². The van der Waals surface area contributed by atoms with Crippen LogP contribution in [0.3, 0.4) is 0 Å². The summed E-state index contributed by atoms with van der Waals surface area (Å²) in [6, 6.07) is 12.5. The number of halogens is 1. The van der Waals surface area contributed by atoms with Gasteiger partial charge in [-0.05, 0) is 41.8 Å². The summed E-state index contributed by atoms with van der Waals surface area (Å²) in [7, 11) is 1.70.